The van der Waals surface area contributed by atoms with Gasteiger partial charge in [-0.15, -0.1) is 0 Å². The van der Waals surface area contributed by atoms with E-state index in [2.05, 4.69) is 67.5 Å². The molecule has 26 heavy (non-hydrogen) atoms. The highest BCUT2D eigenvalue weighted by Crippen LogP contribution is 2.44. The van der Waals surface area contributed by atoms with Gasteiger partial charge in [-0.1, -0.05) is 67.5 Å². The third kappa shape index (κ3) is 3.90. The Morgan fingerprint density at radius 3 is 1.04 bits per heavy atom. The van der Waals surface area contributed by atoms with E-state index in [4.69, 9.17) is 0 Å². The van der Waals surface area contributed by atoms with Gasteiger partial charge in [-0.3, -0.25) is 0 Å². The highest BCUT2D eigenvalue weighted by molar-refractivity contribution is 5.77. The minimum Gasteiger partial charge on any atom is -0.508 e. The molecule has 0 atom stereocenters. The molecule has 0 bridgehead atoms. The number of rotatable bonds is 5. The van der Waals surface area contributed by atoms with Gasteiger partial charge in [0.2, 0.25) is 0 Å². The summed E-state index contributed by atoms with van der Waals surface area (Å²) in [6.07, 6.45) is 0. The molecule has 2 aromatic rings. The first-order chi connectivity index (χ1) is 12.0. The molecule has 0 amide bonds. The van der Waals surface area contributed by atoms with E-state index in [0.717, 1.165) is 33.4 Å². The fourth-order valence-electron chi connectivity index (χ4n) is 3.65. The predicted molar refractivity (Wildman–Crippen MR) is 112 cm³/mol. The molecular formula is C24H34O2. The number of aromatic hydroxyl groups is 2. The van der Waals surface area contributed by atoms with Crippen molar-refractivity contribution in [1.29, 1.82) is 0 Å². The van der Waals surface area contributed by atoms with Crippen LogP contribution >= 0.6 is 0 Å². The molecule has 0 radical (unpaired) electrons. The van der Waals surface area contributed by atoms with E-state index in [1.807, 2.05) is 12.1 Å². The second kappa shape index (κ2) is 7.73. The van der Waals surface area contributed by atoms with Crippen LogP contribution in [0.3, 0.4) is 0 Å². The molecule has 0 saturated carbocycles. The highest BCUT2D eigenvalue weighted by Gasteiger charge is 2.22. The number of hydrogen-bond acceptors (Lipinski definition) is 2. The summed E-state index contributed by atoms with van der Waals surface area (Å²) in [6, 6.07) is 8.18. The van der Waals surface area contributed by atoms with Crippen LogP contribution < -0.4 is 0 Å². The van der Waals surface area contributed by atoms with Crippen LogP contribution in [0.2, 0.25) is 0 Å². The summed E-state index contributed by atoms with van der Waals surface area (Å²) in [4.78, 5) is 0. The highest BCUT2D eigenvalue weighted by atomic mass is 16.3. The zero-order valence-corrected chi connectivity index (χ0v) is 17.5. The van der Waals surface area contributed by atoms with Gasteiger partial charge in [0.05, 0.1) is 0 Å². The van der Waals surface area contributed by atoms with Crippen molar-refractivity contribution in [2.45, 2.75) is 79.1 Å². The van der Waals surface area contributed by atoms with Crippen molar-refractivity contribution in [3.8, 4) is 22.6 Å². The van der Waals surface area contributed by atoms with E-state index in [1.165, 1.54) is 0 Å². The van der Waals surface area contributed by atoms with Crippen LogP contribution in [-0.2, 0) is 0 Å². The van der Waals surface area contributed by atoms with Crippen molar-refractivity contribution in [3.05, 3.63) is 46.5 Å². The standard InChI is InChI=1S/C24H34O2/c1-13(2)17-9-19(23(15(5)6)21(25)11-17)20-10-18(14(3)4)12-22(26)24(20)16(7)8/h9-16,25-26H,1-8H3. The average molecular weight is 355 g/mol. The van der Waals surface area contributed by atoms with E-state index in [-0.39, 0.29) is 11.8 Å². The van der Waals surface area contributed by atoms with Crippen LogP contribution in [0, 0.1) is 0 Å². The van der Waals surface area contributed by atoms with Crippen LogP contribution in [0.1, 0.15) is 101 Å². The summed E-state index contributed by atoms with van der Waals surface area (Å²) in [5.74, 6) is 1.73. The Balaban J connectivity index is 2.93. The van der Waals surface area contributed by atoms with Crippen LogP contribution in [-0.4, -0.2) is 10.2 Å². The van der Waals surface area contributed by atoms with Crippen molar-refractivity contribution in [2.24, 2.45) is 0 Å². The van der Waals surface area contributed by atoms with E-state index < -0.39 is 0 Å². The molecule has 0 spiro atoms. The van der Waals surface area contributed by atoms with Crippen LogP contribution in [0.15, 0.2) is 24.3 Å². The van der Waals surface area contributed by atoms with Gasteiger partial charge < -0.3 is 10.2 Å². The normalized spacial score (nSPS) is 12.0. The quantitative estimate of drug-likeness (QED) is 0.593. The summed E-state index contributed by atoms with van der Waals surface area (Å²) < 4.78 is 0. The van der Waals surface area contributed by atoms with Gasteiger partial charge in [-0.05, 0) is 58.1 Å². The first kappa shape index (κ1) is 20.4. The van der Waals surface area contributed by atoms with Crippen LogP contribution in [0.25, 0.3) is 11.1 Å². The Bertz CT molecular complexity index is 716. The summed E-state index contributed by atoms with van der Waals surface area (Å²) in [6.45, 7) is 17.0. The molecule has 2 heteroatoms. The molecular weight excluding hydrogens is 320 g/mol. The molecule has 2 nitrogen and oxygen atoms in total. The minimum atomic E-state index is 0.191. The summed E-state index contributed by atoms with van der Waals surface area (Å²) >= 11 is 0. The smallest absolute Gasteiger partial charge is 0.119 e. The van der Waals surface area contributed by atoms with Crippen molar-refractivity contribution < 1.29 is 10.2 Å². The number of benzene rings is 2. The summed E-state index contributed by atoms with van der Waals surface area (Å²) in [7, 11) is 0. The second-order valence-corrected chi connectivity index (χ2v) is 8.62. The van der Waals surface area contributed by atoms with Gasteiger partial charge in [0.1, 0.15) is 11.5 Å². The molecule has 0 fully saturated rings. The lowest BCUT2D eigenvalue weighted by Gasteiger charge is -2.23. The number of phenolic OH excluding ortho intramolecular Hbond substituents is 2. The molecule has 2 aromatic carbocycles. The molecule has 0 unspecified atom stereocenters. The van der Waals surface area contributed by atoms with Crippen LogP contribution in [0.5, 0.6) is 11.5 Å². The average Bonchev–Trinajstić information content (AvgIpc) is 2.52. The number of hydrogen-bond donors (Lipinski definition) is 2. The van der Waals surface area contributed by atoms with E-state index in [9.17, 15) is 10.2 Å². The molecule has 0 aromatic heterocycles. The van der Waals surface area contributed by atoms with Crippen LogP contribution in [0.4, 0.5) is 0 Å². The second-order valence-electron chi connectivity index (χ2n) is 8.62. The molecule has 2 N–H and O–H groups in total. The lowest BCUT2D eigenvalue weighted by Crippen LogP contribution is -2.02. The third-order valence-corrected chi connectivity index (χ3v) is 5.14. The Morgan fingerprint density at radius 2 is 0.808 bits per heavy atom. The molecule has 0 aliphatic carbocycles. The predicted octanol–water partition coefficient (Wildman–Crippen LogP) is 7.26. The summed E-state index contributed by atoms with van der Waals surface area (Å²) in [5, 5.41) is 21.5. The van der Waals surface area contributed by atoms with Gasteiger partial charge in [0, 0.05) is 11.1 Å². The Kier molecular flexibility index (Phi) is 6.05. The van der Waals surface area contributed by atoms with E-state index in [0.29, 0.717) is 23.3 Å². The molecule has 142 valence electrons. The summed E-state index contributed by atoms with van der Waals surface area (Å²) in [5.41, 5.74) is 6.24. The maximum Gasteiger partial charge on any atom is 0.119 e. The molecule has 2 rings (SSSR count). The number of phenols is 2. The monoisotopic (exact) mass is 354 g/mol. The van der Waals surface area contributed by atoms with Gasteiger partial charge in [-0.25, -0.2) is 0 Å². The Hall–Kier alpha value is -1.96. The minimum absolute atomic E-state index is 0.191. The lowest BCUT2D eigenvalue weighted by atomic mass is 9.82. The van der Waals surface area contributed by atoms with Gasteiger partial charge in [0.25, 0.3) is 0 Å². The topological polar surface area (TPSA) is 40.5 Å². The maximum atomic E-state index is 10.8. The third-order valence-electron chi connectivity index (χ3n) is 5.14. The zero-order valence-electron chi connectivity index (χ0n) is 17.5. The maximum absolute atomic E-state index is 10.8. The Labute approximate surface area is 158 Å². The van der Waals surface area contributed by atoms with Crippen molar-refractivity contribution >= 4 is 0 Å². The molecule has 0 aliphatic rings. The van der Waals surface area contributed by atoms with Gasteiger partial charge >= 0.3 is 0 Å². The lowest BCUT2D eigenvalue weighted by molar-refractivity contribution is 0.462. The van der Waals surface area contributed by atoms with Crippen molar-refractivity contribution in [2.75, 3.05) is 0 Å². The first-order valence-electron chi connectivity index (χ1n) is 9.78. The van der Waals surface area contributed by atoms with E-state index >= 15 is 0 Å². The van der Waals surface area contributed by atoms with Gasteiger partial charge in [-0.2, -0.15) is 0 Å². The van der Waals surface area contributed by atoms with Crippen molar-refractivity contribution in [3.63, 3.8) is 0 Å². The Morgan fingerprint density at radius 1 is 0.500 bits per heavy atom. The van der Waals surface area contributed by atoms with E-state index in [1.54, 1.807) is 0 Å². The molecule has 0 saturated heterocycles. The largest absolute Gasteiger partial charge is 0.508 e. The zero-order chi connectivity index (χ0) is 19.8. The molecule has 0 aliphatic heterocycles. The molecule has 0 heterocycles. The fourth-order valence-corrected chi connectivity index (χ4v) is 3.65. The van der Waals surface area contributed by atoms with Gasteiger partial charge in [0.15, 0.2) is 0 Å². The fraction of sp³-hybridized carbons (Fsp3) is 0.500. The van der Waals surface area contributed by atoms with Crippen molar-refractivity contribution in [1.82, 2.24) is 0 Å². The SMILES string of the molecule is CC(C)c1cc(O)c(C(C)C)c(-c2cc(C(C)C)cc(O)c2C(C)C)c1. The first-order valence-corrected chi connectivity index (χ1v) is 9.78.